The molecule has 0 saturated carbocycles. The molecule has 1 aromatic heterocycles. The number of benzene rings is 2. The standard InChI is InChI=1S/C21H17N3O4S2/c1-2-28-19-6-4-3-5-16(19)21(23)17-11-14(12-22)7-8-18(17)24(20(21)25)30(26,27)15-9-10-29-13-15/h3-11,13H,2,23H2,1H3. The van der Waals surface area contributed by atoms with E-state index in [0.717, 1.165) is 4.31 Å². The summed E-state index contributed by atoms with van der Waals surface area (Å²) in [5, 5.41) is 12.4. The Hall–Kier alpha value is -3.19. The minimum atomic E-state index is -4.19. The second kappa shape index (κ2) is 7.25. The van der Waals surface area contributed by atoms with Crippen molar-refractivity contribution in [3.05, 3.63) is 76.0 Å². The van der Waals surface area contributed by atoms with Crippen LogP contribution in [-0.2, 0) is 20.4 Å². The number of carbonyl (C=O) groups excluding carboxylic acids is 1. The molecule has 30 heavy (non-hydrogen) atoms. The van der Waals surface area contributed by atoms with Gasteiger partial charge in [-0.25, -0.2) is 12.7 Å². The molecule has 1 amide bonds. The van der Waals surface area contributed by atoms with Crippen molar-refractivity contribution in [2.75, 3.05) is 10.9 Å². The molecule has 0 bridgehead atoms. The molecular formula is C21H17N3O4S2. The first kappa shape index (κ1) is 20.1. The lowest BCUT2D eigenvalue weighted by molar-refractivity contribution is -0.120. The zero-order valence-corrected chi connectivity index (χ0v) is 17.5. The first-order chi connectivity index (χ1) is 14.4. The topological polar surface area (TPSA) is 113 Å². The summed E-state index contributed by atoms with van der Waals surface area (Å²) in [5.41, 5.74) is 5.80. The number of nitrogens with zero attached hydrogens (tertiary/aromatic N) is 2. The van der Waals surface area contributed by atoms with E-state index in [-0.39, 0.29) is 21.7 Å². The number of para-hydroxylation sites is 1. The van der Waals surface area contributed by atoms with Crippen LogP contribution in [0.25, 0.3) is 0 Å². The van der Waals surface area contributed by atoms with Gasteiger partial charge in [0, 0.05) is 16.5 Å². The van der Waals surface area contributed by atoms with E-state index in [2.05, 4.69) is 0 Å². The van der Waals surface area contributed by atoms with Gasteiger partial charge in [0.25, 0.3) is 15.9 Å². The Bertz CT molecular complexity index is 1280. The number of nitrogens with two attached hydrogens (primary N) is 1. The molecule has 2 N–H and O–H groups in total. The summed E-state index contributed by atoms with van der Waals surface area (Å²) >= 11 is 1.21. The normalized spacial score (nSPS) is 18.2. The molecule has 0 aliphatic carbocycles. The van der Waals surface area contributed by atoms with Gasteiger partial charge >= 0.3 is 0 Å². The Kier molecular flexibility index (Phi) is 4.86. The van der Waals surface area contributed by atoms with Crippen LogP contribution < -0.4 is 14.8 Å². The van der Waals surface area contributed by atoms with Crippen molar-refractivity contribution in [2.24, 2.45) is 5.73 Å². The smallest absolute Gasteiger partial charge is 0.271 e. The molecule has 1 atom stereocenters. The fourth-order valence-corrected chi connectivity index (χ4v) is 6.05. The highest BCUT2D eigenvalue weighted by Gasteiger charge is 2.55. The van der Waals surface area contributed by atoms with E-state index < -0.39 is 21.5 Å². The van der Waals surface area contributed by atoms with Gasteiger partial charge in [0.15, 0.2) is 5.54 Å². The molecule has 9 heteroatoms. The summed E-state index contributed by atoms with van der Waals surface area (Å²) in [6.07, 6.45) is 0. The van der Waals surface area contributed by atoms with Gasteiger partial charge in [0.05, 0.1) is 28.8 Å². The van der Waals surface area contributed by atoms with Gasteiger partial charge in [-0.2, -0.15) is 16.6 Å². The number of fused-ring (bicyclic) bond motifs is 1. The second-order valence-corrected chi connectivity index (χ2v) is 9.18. The van der Waals surface area contributed by atoms with Gasteiger partial charge in [0.2, 0.25) is 0 Å². The van der Waals surface area contributed by atoms with Gasteiger partial charge in [-0.15, -0.1) is 0 Å². The first-order valence-corrected chi connectivity index (χ1v) is 11.4. The minimum Gasteiger partial charge on any atom is -0.493 e. The fourth-order valence-electron chi connectivity index (χ4n) is 3.56. The first-order valence-electron chi connectivity index (χ1n) is 9.03. The van der Waals surface area contributed by atoms with Gasteiger partial charge in [-0.3, -0.25) is 4.79 Å². The molecule has 7 nitrogen and oxygen atoms in total. The van der Waals surface area contributed by atoms with Crippen molar-refractivity contribution < 1.29 is 17.9 Å². The number of hydrogen-bond acceptors (Lipinski definition) is 7. The lowest BCUT2D eigenvalue weighted by atomic mass is 9.83. The van der Waals surface area contributed by atoms with Crippen molar-refractivity contribution in [1.29, 1.82) is 5.26 Å². The van der Waals surface area contributed by atoms with Crippen molar-refractivity contribution >= 4 is 33.0 Å². The number of anilines is 1. The molecule has 0 fully saturated rings. The molecule has 0 radical (unpaired) electrons. The predicted octanol–water partition coefficient (Wildman–Crippen LogP) is 2.96. The summed E-state index contributed by atoms with van der Waals surface area (Å²) in [7, 11) is -4.19. The highest BCUT2D eigenvalue weighted by molar-refractivity contribution is 7.93. The van der Waals surface area contributed by atoms with Crippen LogP contribution in [-0.4, -0.2) is 20.9 Å². The van der Waals surface area contributed by atoms with Crippen molar-refractivity contribution in [1.82, 2.24) is 0 Å². The SMILES string of the molecule is CCOc1ccccc1C1(N)C(=O)N(S(=O)(=O)c2ccsc2)c2ccc(C#N)cc21. The largest absolute Gasteiger partial charge is 0.493 e. The summed E-state index contributed by atoms with van der Waals surface area (Å²) < 4.78 is 33.0. The maximum atomic E-state index is 13.7. The molecule has 2 heterocycles. The molecular weight excluding hydrogens is 422 g/mol. The van der Waals surface area contributed by atoms with Crippen LogP contribution in [0.2, 0.25) is 0 Å². The van der Waals surface area contributed by atoms with E-state index in [0.29, 0.717) is 17.9 Å². The summed E-state index contributed by atoms with van der Waals surface area (Å²) in [6.45, 7) is 2.13. The van der Waals surface area contributed by atoms with Crippen LogP contribution in [0.1, 0.15) is 23.6 Å². The van der Waals surface area contributed by atoms with Gasteiger partial charge in [0.1, 0.15) is 5.75 Å². The van der Waals surface area contributed by atoms with Crippen LogP contribution in [0.3, 0.4) is 0 Å². The number of ether oxygens (including phenoxy) is 1. The molecule has 1 aliphatic rings. The molecule has 4 rings (SSSR count). The highest BCUT2D eigenvalue weighted by Crippen LogP contribution is 2.47. The number of thiophene rings is 1. The average Bonchev–Trinajstić information content (AvgIpc) is 3.36. The lowest BCUT2D eigenvalue weighted by Crippen LogP contribution is -2.49. The molecule has 152 valence electrons. The second-order valence-electron chi connectivity index (χ2n) is 6.61. The Morgan fingerprint density at radius 1 is 1.20 bits per heavy atom. The lowest BCUT2D eigenvalue weighted by Gasteiger charge is -2.26. The van der Waals surface area contributed by atoms with Crippen LogP contribution in [0.4, 0.5) is 5.69 Å². The van der Waals surface area contributed by atoms with E-state index in [1.54, 1.807) is 36.6 Å². The Morgan fingerprint density at radius 3 is 2.63 bits per heavy atom. The molecule has 3 aromatic rings. The number of hydrogen-bond donors (Lipinski definition) is 1. The van der Waals surface area contributed by atoms with Crippen LogP contribution in [0.15, 0.2) is 64.2 Å². The third-order valence-corrected chi connectivity index (χ3v) is 7.46. The number of rotatable bonds is 5. The minimum absolute atomic E-state index is 0.00139. The van der Waals surface area contributed by atoms with Crippen LogP contribution in [0.5, 0.6) is 5.75 Å². The maximum Gasteiger partial charge on any atom is 0.271 e. The summed E-state index contributed by atoms with van der Waals surface area (Å²) in [6, 6.07) is 14.5. The third-order valence-electron chi connectivity index (χ3n) is 4.94. The monoisotopic (exact) mass is 439 g/mol. The Morgan fingerprint density at radius 2 is 1.97 bits per heavy atom. The Balaban J connectivity index is 2.01. The van der Waals surface area contributed by atoms with Crippen LogP contribution in [0, 0.1) is 11.3 Å². The maximum absolute atomic E-state index is 13.7. The number of amides is 1. The number of carbonyl (C=O) groups is 1. The third kappa shape index (κ3) is 2.81. The van der Waals surface area contributed by atoms with E-state index in [1.165, 1.54) is 41.0 Å². The zero-order chi connectivity index (χ0) is 21.5. The molecule has 1 aliphatic heterocycles. The summed E-state index contributed by atoms with van der Waals surface area (Å²) in [5.74, 6) is -0.454. The van der Waals surface area contributed by atoms with Gasteiger partial charge in [-0.1, -0.05) is 18.2 Å². The quantitative estimate of drug-likeness (QED) is 0.654. The van der Waals surface area contributed by atoms with Crippen molar-refractivity contribution in [2.45, 2.75) is 17.4 Å². The Labute approximate surface area is 178 Å². The van der Waals surface area contributed by atoms with E-state index in [1.807, 2.05) is 6.07 Å². The van der Waals surface area contributed by atoms with E-state index >= 15 is 0 Å². The van der Waals surface area contributed by atoms with Crippen molar-refractivity contribution in [3.63, 3.8) is 0 Å². The molecule has 1 unspecified atom stereocenters. The van der Waals surface area contributed by atoms with E-state index in [4.69, 9.17) is 10.5 Å². The van der Waals surface area contributed by atoms with Crippen molar-refractivity contribution in [3.8, 4) is 11.8 Å². The van der Waals surface area contributed by atoms with Gasteiger partial charge < -0.3 is 10.5 Å². The predicted molar refractivity (Wildman–Crippen MR) is 113 cm³/mol. The fraction of sp³-hybridized carbons (Fsp3) is 0.143. The molecule has 2 aromatic carbocycles. The number of sulfonamides is 1. The summed E-state index contributed by atoms with van der Waals surface area (Å²) in [4.78, 5) is 13.7. The van der Waals surface area contributed by atoms with E-state index in [9.17, 15) is 18.5 Å². The highest BCUT2D eigenvalue weighted by atomic mass is 32.2. The van der Waals surface area contributed by atoms with Gasteiger partial charge in [-0.05, 0) is 42.6 Å². The average molecular weight is 440 g/mol. The molecule has 0 saturated heterocycles. The van der Waals surface area contributed by atoms with Crippen LogP contribution >= 0.6 is 11.3 Å². The molecule has 0 spiro atoms. The zero-order valence-electron chi connectivity index (χ0n) is 15.9. The number of nitriles is 1.